The monoisotopic (exact) mass is 278 g/mol. The number of urea groups is 1. The van der Waals surface area contributed by atoms with Crippen LogP contribution < -0.4 is 5.32 Å². The number of nitrogens with one attached hydrogen (secondary N) is 2. The van der Waals surface area contributed by atoms with Crippen LogP contribution in [0.3, 0.4) is 0 Å². The predicted octanol–water partition coefficient (Wildman–Crippen LogP) is 2.34. The second-order valence-electron chi connectivity index (χ2n) is 6.40. The quantitative estimate of drug-likeness (QED) is 0.888. The van der Waals surface area contributed by atoms with Crippen LogP contribution in [0.4, 0.5) is 4.79 Å². The molecule has 1 aliphatic carbocycles. The van der Waals surface area contributed by atoms with Crippen molar-refractivity contribution >= 4 is 6.03 Å². The highest BCUT2D eigenvalue weighted by Gasteiger charge is 2.25. The van der Waals surface area contributed by atoms with Crippen molar-refractivity contribution in [2.45, 2.75) is 59.0 Å². The summed E-state index contributed by atoms with van der Waals surface area (Å²) in [6.07, 6.45) is 4.70. The van der Waals surface area contributed by atoms with Crippen LogP contribution in [0.5, 0.6) is 0 Å². The second kappa shape index (κ2) is 6.29. The maximum absolute atomic E-state index is 12.4. The Morgan fingerprint density at radius 2 is 2.25 bits per heavy atom. The summed E-state index contributed by atoms with van der Waals surface area (Å²) < 4.78 is 0. The molecule has 2 rings (SSSR count). The molecule has 20 heavy (non-hydrogen) atoms. The molecule has 2 N–H and O–H groups in total. The van der Waals surface area contributed by atoms with Gasteiger partial charge in [0.2, 0.25) is 0 Å². The van der Waals surface area contributed by atoms with E-state index in [9.17, 15) is 4.79 Å². The molecule has 0 saturated carbocycles. The highest BCUT2D eigenvalue weighted by atomic mass is 16.2. The van der Waals surface area contributed by atoms with Gasteiger partial charge in [-0.3, -0.25) is 5.10 Å². The van der Waals surface area contributed by atoms with Gasteiger partial charge < -0.3 is 10.2 Å². The van der Waals surface area contributed by atoms with Crippen LogP contribution in [0, 0.1) is 5.92 Å². The fourth-order valence-corrected chi connectivity index (χ4v) is 2.72. The number of amides is 2. The fraction of sp³-hybridized carbons (Fsp3) is 0.733. The van der Waals surface area contributed by atoms with E-state index in [2.05, 4.69) is 43.2 Å². The Hall–Kier alpha value is -1.52. The summed E-state index contributed by atoms with van der Waals surface area (Å²) in [7, 11) is 0. The molecular formula is C15H26N4O. The summed E-state index contributed by atoms with van der Waals surface area (Å²) in [6.45, 7) is 9.21. The van der Waals surface area contributed by atoms with Crippen LogP contribution in [0.15, 0.2) is 6.20 Å². The van der Waals surface area contributed by atoms with Gasteiger partial charge in [-0.15, -0.1) is 0 Å². The summed E-state index contributed by atoms with van der Waals surface area (Å²) in [5.41, 5.74) is 2.46. The average Bonchev–Trinajstić information content (AvgIpc) is 2.82. The normalized spacial score (nSPS) is 18.2. The van der Waals surface area contributed by atoms with Crippen molar-refractivity contribution in [2.75, 3.05) is 6.54 Å². The van der Waals surface area contributed by atoms with Gasteiger partial charge in [0.15, 0.2) is 0 Å². The molecule has 5 heteroatoms. The maximum Gasteiger partial charge on any atom is 0.317 e. The van der Waals surface area contributed by atoms with Crippen molar-refractivity contribution in [1.82, 2.24) is 20.4 Å². The van der Waals surface area contributed by atoms with E-state index in [1.165, 1.54) is 11.3 Å². The number of carbonyl (C=O) groups excluding carboxylic acids is 1. The Labute approximate surface area is 121 Å². The second-order valence-corrected chi connectivity index (χ2v) is 6.40. The lowest BCUT2D eigenvalue weighted by Crippen LogP contribution is -2.50. The first-order valence-corrected chi connectivity index (χ1v) is 7.55. The lowest BCUT2D eigenvalue weighted by atomic mass is 9.94. The molecule has 0 fully saturated rings. The van der Waals surface area contributed by atoms with Crippen LogP contribution >= 0.6 is 0 Å². The molecule has 0 spiro atoms. The largest absolute Gasteiger partial charge is 0.335 e. The van der Waals surface area contributed by atoms with Gasteiger partial charge >= 0.3 is 6.03 Å². The third-order valence-corrected chi connectivity index (χ3v) is 3.79. The van der Waals surface area contributed by atoms with Crippen LogP contribution in [0.25, 0.3) is 0 Å². The zero-order valence-electron chi connectivity index (χ0n) is 12.9. The number of rotatable bonds is 4. The molecule has 1 aromatic heterocycles. The average molecular weight is 278 g/mol. The first kappa shape index (κ1) is 14.9. The first-order chi connectivity index (χ1) is 9.47. The Morgan fingerprint density at radius 3 is 2.90 bits per heavy atom. The van der Waals surface area contributed by atoms with Crippen LogP contribution in [-0.4, -0.2) is 39.8 Å². The molecule has 0 aromatic carbocycles. The van der Waals surface area contributed by atoms with E-state index in [1.54, 1.807) is 0 Å². The molecule has 1 unspecified atom stereocenters. The Bertz CT molecular complexity index is 452. The smallest absolute Gasteiger partial charge is 0.317 e. The van der Waals surface area contributed by atoms with E-state index in [0.29, 0.717) is 5.92 Å². The van der Waals surface area contributed by atoms with Gasteiger partial charge in [-0.05, 0) is 44.6 Å². The van der Waals surface area contributed by atoms with E-state index < -0.39 is 0 Å². The first-order valence-electron chi connectivity index (χ1n) is 7.55. The molecule has 1 aliphatic rings. The van der Waals surface area contributed by atoms with Gasteiger partial charge in [0.1, 0.15) is 0 Å². The topological polar surface area (TPSA) is 61.0 Å². The molecular weight excluding hydrogens is 252 g/mol. The van der Waals surface area contributed by atoms with Gasteiger partial charge in [0.25, 0.3) is 0 Å². The summed E-state index contributed by atoms with van der Waals surface area (Å²) in [5.74, 6) is 0.481. The molecule has 1 aromatic rings. The van der Waals surface area contributed by atoms with E-state index >= 15 is 0 Å². The molecule has 2 amide bonds. The Balaban J connectivity index is 1.94. The zero-order valence-corrected chi connectivity index (χ0v) is 12.9. The SMILES string of the molecule is CC(C)CN(C(=O)NC1CCc2[nH]ncc2C1)C(C)C. The molecule has 1 atom stereocenters. The minimum absolute atomic E-state index is 0.0608. The standard InChI is InChI=1S/C15H26N4O/c1-10(2)9-19(11(3)4)15(20)17-13-5-6-14-12(7-13)8-16-18-14/h8,10-11,13H,5-7,9H2,1-4H3,(H,16,18)(H,17,20). The number of hydrogen-bond donors (Lipinski definition) is 2. The molecule has 1 heterocycles. The molecule has 0 bridgehead atoms. The molecule has 0 radical (unpaired) electrons. The van der Waals surface area contributed by atoms with Gasteiger partial charge in [0, 0.05) is 24.3 Å². The maximum atomic E-state index is 12.4. The molecule has 0 saturated heterocycles. The lowest BCUT2D eigenvalue weighted by molar-refractivity contribution is 0.170. The molecule has 5 nitrogen and oxygen atoms in total. The summed E-state index contributed by atoms with van der Waals surface area (Å²) in [4.78, 5) is 14.4. The van der Waals surface area contributed by atoms with Gasteiger partial charge in [-0.1, -0.05) is 13.8 Å². The third-order valence-electron chi connectivity index (χ3n) is 3.79. The number of hydrogen-bond acceptors (Lipinski definition) is 2. The summed E-state index contributed by atoms with van der Waals surface area (Å²) >= 11 is 0. The van der Waals surface area contributed by atoms with Gasteiger partial charge in [-0.25, -0.2) is 4.79 Å². The van der Waals surface area contributed by atoms with Gasteiger partial charge in [-0.2, -0.15) is 5.10 Å². The van der Waals surface area contributed by atoms with Crippen molar-refractivity contribution in [3.63, 3.8) is 0 Å². The Morgan fingerprint density at radius 1 is 1.50 bits per heavy atom. The Kier molecular flexibility index (Phi) is 4.68. The zero-order chi connectivity index (χ0) is 14.7. The van der Waals surface area contributed by atoms with Crippen molar-refractivity contribution in [1.29, 1.82) is 0 Å². The number of aromatic amines is 1. The van der Waals surface area contributed by atoms with Crippen molar-refractivity contribution < 1.29 is 4.79 Å². The lowest BCUT2D eigenvalue weighted by Gasteiger charge is -2.31. The van der Waals surface area contributed by atoms with E-state index in [0.717, 1.165) is 25.8 Å². The highest BCUT2D eigenvalue weighted by Crippen LogP contribution is 2.19. The highest BCUT2D eigenvalue weighted by molar-refractivity contribution is 5.75. The number of H-pyrrole nitrogens is 1. The molecule has 112 valence electrons. The van der Waals surface area contributed by atoms with E-state index in [1.807, 2.05) is 11.1 Å². The number of carbonyl (C=O) groups is 1. The van der Waals surface area contributed by atoms with Crippen molar-refractivity contribution in [3.8, 4) is 0 Å². The summed E-state index contributed by atoms with van der Waals surface area (Å²) in [5, 5.41) is 10.3. The fourth-order valence-electron chi connectivity index (χ4n) is 2.72. The third kappa shape index (κ3) is 3.52. The van der Waals surface area contributed by atoms with Crippen molar-refractivity contribution in [3.05, 3.63) is 17.5 Å². The van der Waals surface area contributed by atoms with E-state index in [4.69, 9.17) is 0 Å². The number of aryl methyl sites for hydroxylation is 1. The van der Waals surface area contributed by atoms with Gasteiger partial charge in [0.05, 0.1) is 6.20 Å². The minimum Gasteiger partial charge on any atom is -0.335 e. The minimum atomic E-state index is 0.0608. The van der Waals surface area contributed by atoms with Crippen LogP contribution in [0.1, 0.15) is 45.4 Å². The predicted molar refractivity (Wildman–Crippen MR) is 79.6 cm³/mol. The molecule has 0 aliphatic heterocycles. The van der Waals surface area contributed by atoms with E-state index in [-0.39, 0.29) is 18.1 Å². The van der Waals surface area contributed by atoms with Crippen LogP contribution in [0.2, 0.25) is 0 Å². The summed E-state index contributed by atoms with van der Waals surface area (Å²) in [6, 6.07) is 0.511. The van der Waals surface area contributed by atoms with Crippen LogP contribution in [-0.2, 0) is 12.8 Å². The number of fused-ring (bicyclic) bond motifs is 1. The number of nitrogens with zero attached hydrogens (tertiary/aromatic N) is 2. The van der Waals surface area contributed by atoms with Crippen molar-refractivity contribution in [2.24, 2.45) is 5.92 Å². The number of aromatic nitrogens is 2.